The van der Waals surface area contributed by atoms with Gasteiger partial charge in [0.25, 0.3) is 0 Å². The van der Waals surface area contributed by atoms with Crippen LogP contribution in [0.25, 0.3) is 0 Å². The molecule has 100 valence electrons. The van der Waals surface area contributed by atoms with Crippen molar-refractivity contribution in [2.45, 2.75) is 43.2 Å². The monoisotopic (exact) mass is 269 g/mol. The molecule has 2 N–H and O–H groups in total. The van der Waals surface area contributed by atoms with Crippen LogP contribution in [0.2, 0.25) is 0 Å². The number of ether oxygens (including phenoxy) is 1. The maximum absolute atomic E-state index is 12.1. The third kappa shape index (κ3) is 2.84. The second-order valence-corrected chi connectivity index (χ2v) is 6.81. The molecule has 0 heterocycles. The molecular weight excluding hydrogens is 250 g/mol. The fraction of sp³-hybridized carbons (Fsp3) is 0.538. The summed E-state index contributed by atoms with van der Waals surface area (Å²) in [5, 5.41) is 0. The van der Waals surface area contributed by atoms with Gasteiger partial charge < -0.3 is 10.5 Å². The molecule has 0 unspecified atom stereocenters. The maximum Gasteiger partial charge on any atom is 0.182 e. The molecule has 0 spiro atoms. The number of sulfone groups is 1. The Labute approximate surface area is 108 Å². The molecule has 1 fully saturated rings. The number of benzene rings is 1. The Balaban J connectivity index is 2.20. The van der Waals surface area contributed by atoms with Crippen LogP contribution < -0.4 is 10.5 Å². The topological polar surface area (TPSA) is 69.4 Å². The van der Waals surface area contributed by atoms with Gasteiger partial charge in [0.2, 0.25) is 0 Å². The molecular formula is C13H19NO3S. The lowest BCUT2D eigenvalue weighted by molar-refractivity contribution is 0.0976. The Bertz CT molecular complexity index is 507. The molecule has 0 bridgehead atoms. The van der Waals surface area contributed by atoms with Gasteiger partial charge in [-0.1, -0.05) is 19.1 Å². The fourth-order valence-corrected chi connectivity index (χ4v) is 3.53. The van der Waals surface area contributed by atoms with Crippen LogP contribution in [0.15, 0.2) is 29.2 Å². The third-order valence-corrected chi connectivity index (χ3v) is 5.04. The number of rotatable bonds is 5. The van der Waals surface area contributed by atoms with Crippen LogP contribution in [-0.4, -0.2) is 26.3 Å². The number of nitrogens with two attached hydrogens (primary N) is 1. The van der Waals surface area contributed by atoms with Gasteiger partial charge in [-0.15, -0.1) is 0 Å². The molecule has 0 radical (unpaired) electrons. The molecule has 1 aliphatic carbocycles. The van der Waals surface area contributed by atoms with Crippen molar-refractivity contribution in [1.29, 1.82) is 0 Å². The molecule has 0 amide bonds. The zero-order valence-electron chi connectivity index (χ0n) is 10.5. The Morgan fingerprint density at radius 3 is 2.61 bits per heavy atom. The molecule has 4 nitrogen and oxygen atoms in total. The summed E-state index contributed by atoms with van der Waals surface area (Å²) < 4.78 is 29.9. The van der Waals surface area contributed by atoms with Gasteiger partial charge >= 0.3 is 0 Å². The van der Waals surface area contributed by atoms with Gasteiger partial charge in [-0.05, 0) is 31.4 Å². The van der Waals surface area contributed by atoms with Gasteiger partial charge in [0.05, 0.1) is 5.75 Å². The first-order valence-corrected chi connectivity index (χ1v) is 7.92. The van der Waals surface area contributed by atoms with Gasteiger partial charge in [0, 0.05) is 6.04 Å². The van der Waals surface area contributed by atoms with Crippen LogP contribution in [0.1, 0.15) is 26.2 Å². The minimum atomic E-state index is -3.24. The quantitative estimate of drug-likeness (QED) is 0.884. The van der Waals surface area contributed by atoms with Crippen LogP contribution in [0, 0.1) is 0 Å². The predicted molar refractivity (Wildman–Crippen MR) is 70.4 cm³/mol. The second-order valence-electron chi connectivity index (χ2n) is 4.74. The minimum absolute atomic E-state index is 0.0537. The van der Waals surface area contributed by atoms with Crippen LogP contribution in [0.4, 0.5) is 0 Å². The highest BCUT2D eigenvalue weighted by Gasteiger charge is 2.29. The first kappa shape index (κ1) is 13.4. The predicted octanol–water partition coefficient (Wildman–Crippen LogP) is 1.74. The maximum atomic E-state index is 12.1. The van der Waals surface area contributed by atoms with Gasteiger partial charge in [-0.25, -0.2) is 8.42 Å². The molecule has 2 rings (SSSR count). The highest BCUT2D eigenvalue weighted by atomic mass is 32.2. The highest BCUT2D eigenvalue weighted by molar-refractivity contribution is 7.91. The standard InChI is InChI=1S/C13H19NO3S/c1-2-7-18(15,16)13-6-4-3-5-12(13)17-11-8-10(14)9-11/h3-6,10-11H,2,7-9,14H2,1H3. The van der Waals surface area contributed by atoms with E-state index in [2.05, 4.69) is 0 Å². The molecule has 1 saturated carbocycles. The van der Waals surface area contributed by atoms with E-state index in [0.717, 1.165) is 12.8 Å². The molecule has 0 saturated heterocycles. The van der Waals surface area contributed by atoms with Gasteiger partial charge in [0.15, 0.2) is 9.84 Å². The molecule has 0 aromatic heterocycles. The highest BCUT2D eigenvalue weighted by Crippen LogP contribution is 2.30. The first-order chi connectivity index (χ1) is 8.53. The van der Waals surface area contributed by atoms with Gasteiger partial charge in [0.1, 0.15) is 16.7 Å². The summed E-state index contributed by atoms with van der Waals surface area (Å²) in [6.45, 7) is 1.85. The van der Waals surface area contributed by atoms with Crippen LogP contribution in [0.5, 0.6) is 5.75 Å². The van der Waals surface area contributed by atoms with Crippen molar-refractivity contribution in [3.8, 4) is 5.75 Å². The number of hydrogen-bond acceptors (Lipinski definition) is 4. The lowest BCUT2D eigenvalue weighted by Gasteiger charge is -2.33. The van der Waals surface area contributed by atoms with E-state index in [1.54, 1.807) is 24.3 Å². The Kier molecular flexibility index (Phi) is 3.92. The smallest absolute Gasteiger partial charge is 0.182 e. The van der Waals surface area contributed by atoms with Crippen molar-refractivity contribution in [2.24, 2.45) is 5.73 Å². The summed E-state index contributed by atoms with van der Waals surface area (Å²) in [6.07, 6.45) is 2.24. The Hall–Kier alpha value is -1.07. The zero-order chi connectivity index (χ0) is 13.2. The van der Waals surface area contributed by atoms with E-state index in [9.17, 15) is 8.42 Å². The molecule has 5 heteroatoms. The number of para-hydroxylation sites is 1. The van der Waals surface area contributed by atoms with Crippen molar-refractivity contribution >= 4 is 9.84 Å². The van der Waals surface area contributed by atoms with E-state index in [1.807, 2.05) is 6.92 Å². The van der Waals surface area contributed by atoms with Crippen molar-refractivity contribution in [3.63, 3.8) is 0 Å². The van der Waals surface area contributed by atoms with Crippen LogP contribution >= 0.6 is 0 Å². The molecule has 0 atom stereocenters. The first-order valence-electron chi connectivity index (χ1n) is 6.27. The fourth-order valence-electron chi connectivity index (χ4n) is 2.07. The Morgan fingerprint density at radius 2 is 2.00 bits per heavy atom. The summed E-state index contributed by atoms with van der Waals surface area (Å²) >= 11 is 0. The summed E-state index contributed by atoms with van der Waals surface area (Å²) in [4.78, 5) is 0.298. The van der Waals surface area contributed by atoms with Gasteiger partial charge in [-0.3, -0.25) is 0 Å². The van der Waals surface area contributed by atoms with E-state index >= 15 is 0 Å². The molecule has 1 aliphatic rings. The van der Waals surface area contributed by atoms with Crippen LogP contribution in [0.3, 0.4) is 0 Å². The SMILES string of the molecule is CCCS(=O)(=O)c1ccccc1OC1CC(N)C1. The van der Waals surface area contributed by atoms with E-state index in [-0.39, 0.29) is 17.9 Å². The van der Waals surface area contributed by atoms with E-state index < -0.39 is 9.84 Å². The van der Waals surface area contributed by atoms with Crippen molar-refractivity contribution in [3.05, 3.63) is 24.3 Å². The van der Waals surface area contributed by atoms with Gasteiger partial charge in [-0.2, -0.15) is 0 Å². The van der Waals surface area contributed by atoms with Crippen molar-refractivity contribution in [2.75, 3.05) is 5.75 Å². The van der Waals surface area contributed by atoms with Crippen molar-refractivity contribution < 1.29 is 13.2 Å². The van der Waals surface area contributed by atoms with Crippen molar-refractivity contribution in [1.82, 2.24) is 0 Å². The zero-order valence-corrected chi connectivity index (χ0v) is 11.3. The Morgan fingerprint density at radius 1 is 1.33 bits per heavy atom. The normalized spacial score (nSPS) is 23.4. The largest absolute Gasteiger partial charge is 0.489 e. The summed E-state index contributed by atoms with van der Waals surface area (Å²) in [7, 11) is -3.24. The minimum Gasteiger partial charge on any atom is -0.489 e. The number of hydrogen-bond donors (Lipinski definition) is 1. The molecule has 1 aromatic rings. The average molecular weight is 269 g/mol. The lowest BCUT2D eigenvalue weighted by atomic mass is 9.90. The van der Waals surface area contributed by atoms with E-state index in [4.69, 9.17) is 10.5 Å². The summed E-state index contributed by atoms with van der Waals surface area (Å²) in [5.74, 6) is 0.611. The molecule has 0 aliphatic heterocycles. The summed E-state index contributed by atoms with van der Waals surface area (Å²) in [6, 6.07) is 7.03. The lowest BCUT2D eigenvalue weighted by Crippen LogP contribution is -2.43. The van der Waals surface area contributed by atoms with E-state index in [0.29, 0.717) is 17.1 Å². The van der Waals surface area contributed by atoms with E-state index in [1.165, 1.54) is 0 Å². The average Bonchev–Trinajstić information content (AvgIpc) is 2.27. The second kappa shape index (κ2) is 5.28. The molecule has 1 aromatic carbocycles. The summed E-state index contributed by atoms with van der Waals surface area (Å²) in [5.41, 5.74) is 5.70. The third-order valence-electron chi connectivity index (χ3n) is 3.08. The molecule has 18 heavy (non-hydrogen) atoms. The van der Waals surface area contributed by atoms with Crippen LogP contribution in [-0.2, 0) is 9.84 Å².